The highest BCUT2D eigenvalue weighted by atomic mass is 32.2. The molecule has 4 rings (SSSR count). The van der Waals surface area contributed by atoms with Crippen molar-refractivity contribution in [2.24, 2.45) is 7.05 Å². The van der Waals surface area contributed by atoms with Gasteiger partial charge in [-0.25, -0.2) is 0 Å². The lowest BCUT2D eigenvalue weighted by Gasteiger charge is -2.15. The average molecular weight is 393 g/mol. The zero-order chi connectivity index (χ0) is 19.5. The second-order valence-electron chi connectivity index (χ2n) is 7.24. The standard InChI is InChI=1S/C22H24N4OS/c1-15(16-8-10-18(11-9-16)17-6-4-3-5-7-17)23-20(27)14-28-22-25-24-21(26(22)2)19-12-13-19/h3-11,15,19H,12-14H2,1-2H3,(H,23,27). The van der Waals surface area contributed by atoms with Gasteiger partial charge < -0.3 is 9.88 Å². The molecular formula is C22H24N4OS. The fourth-order valence-electron chi connectivity index (χ4n) is 3.24. The first kappa shape index (κ1) is 18.7. The van der Waals surface area contributed by atoms with Gasteiger partial charge in [-0.1, -0.05) is 66.4 Å². The van der Waals surface area contributed by atoms with Gasteiger partial charge in [0.1, 0.15) is 5.82 Å². The zero-order valence-electron chi connectivity index (χ0n) is 16.1. The lowest BCUT2D eigenvalue weighted by Crippen LogP contribution is -2.28. The van der Waals surface area contributed by atoms with Crippen LogP contribution in [0.1, 0.15) is 43.1 Å². The summed E-state index contributed by atoms with van der Waals surface area (Å²) in [5.41, 5.74) is 3.45. The van der Waals surface area contributed by atoms with Crippen molar-refractivity contribution in [3.05, 3.63) is 66.0 Å². The molecule has 1 N–H and O–H groups in total. The molecular weight excluding hydrogens is 368 g/mol. The normalized spacial score (nSPS) is 14.6. The third kappa shape index (κ3) is 4.28. The molecule has 144 valence electrons. The summed E-state index contributed by atoms with van der Waals surface area (Å²) in [6, 6.07) is 18.6. The van der Waals surface area contributed by atoms with E-state index in [1.807, 2.05) is 36.7 Å². The molecule has 5 nitrogen and oxygen atoms in total. The first-order chi connectivity index (χ1) is 13.6. The molecule has 2 aromatic carbocycles. The fraction of sp³-hybridized carbons (Fsp3) is 0.318. The Kier molecular flexibility index (Phi) is 5.48. The van der Waals surface area contributed by atoms with E-state index in [0.29, 0.717) is 11.7 Å². The second-order valence-corrected chi connectivity index (χ2v) is 8.18. The Hall–Kier alpha value is -2.60. The number of nitrogens with one attached hydrogen (secondary N) is 1. The predicted molar refractivity (Wildman–Crippen MR) is 112 cm³/mol. The maximum Gasteiger partial charge on any atom is 0.230 e. The lowest BCUT2D eigenvalue weighted by atomic mass is 10.0. The third-order valence-corrected chi connectivity index (χ3v) is 6.06. The lowest BCUT2D eigenvalue weighted by molar-refractivity contribution is -0.119. The molecule has 0 spiro atoms. The number of thioether (sulfide) groups is 1. The summed E-state index contributed by atoms with van der Waals surface area (Å²) >= 11 is 1.44. The van der Waals surface area contributed by atoms with Crippen molar-refractivity contribution in [3.63, 3.8) is 0 Å². The highest BCUT2D eigenvalue weighted by Crippen LogP contribution is 2.39. The van der Waals surface area contributed by atoms with Gasteiger partial charge in [0.2, 0.25) is 5.91 Å². The molecule has 1 aliphatic rings. The van der Waals surface area contributed by atoms with Crippen LogP contribution in [-0.4, -0.2) is 26.4 Å². The third-order valence-electron chi connectivity index (χ3n) is 5.04. The molecule has 0 saturated heterocycles. The maximum absolute atomic E-state index is 12.4. The van der Waals surface area contributed by atoms with Gasteiger partial charge in [-0.2, -0.15) is 0 Å². The minimum Gasteiger partial charge on any atom is -0.349 e. The van der Waals surface area contributed by atoms with Crippen LogP contribution < -0.4 is 5.32 Å². The quantitative estimate of drug-likeness (QED) is 0.608. The van der Waals surface area contributed by atoms with Crippen molar-refractivity contribution >= 4 is 17.7 Å². The van der Waals surface area contributed by atoms with Crippen LogP contribution in [0.15, 0.2) is 59.8 Å². The van der Waals surface area contributed by atoms with Crippen LogP contribution in [0.4, 0.5) is 0 Å². The summed E-state index contributed by atoms with van der Waals surface area (Å²) in [7, 11) is 1.98. The minimum absolute atomic E-state index is 0.000563. The van der Waals surface area contributed by atoms with E-state index in [-0.39, 0.29) is 11.9 Å². The number of hydrogen-bond donors (Lipinski definition) is 1. The van der Waals surface area contributed by atoms with E-state index in [2.05, 4.69) is 51.9 Å². The van der Waals surface area contributed by atoms with Crippen LogP contribution >= 0.6 is 11.8 Å². The Morgan fingerprint density at radius 1 is 1.11 bits per heavy atom. The number of carbonyl (C=O) groups excluding carboxylic acids is 1. The average Bonchev–Trinajstić information content (AvgIpc) is 3.50. The Morgan fingerprint density at radius 3 is 2.46 bits per heavy atom. The van der Waals surface area contributed by atoms with E-state index >= 15 is 0 Å². The summed E-state index contributed by atoms with van der Waals surface area (Å²) < 4.78 is 2.02. The van der Waals surface area contributed by atoms with E-state index in [9.17, 15) is 4.79 Å². The van der Waals surface area contributed by atoms with Gasteiger partial charge in [0, 0.05) is 13.0 Å². The monoisotopic (exact) mass is 392 g/mol. The van der Waals surface area contributed by atoms with Crippen LogP contribution in [0.2, 0.25) is 0 Å². The molecule has 1 amide bonds. The molecule has 1 saturated carbocycles. The Bertz CT molecular complexity index is 948. The minimum atomic E-state index is -0.0422. The molecule has 0 radical (unpaired) electrons. The number of benzene rings is 2. The van der Waals surface area contributed by atoms with Gasteiger partial charge in [0.25, 0.3) is 0 Å². The molecule has 28 heavy (non-hydrogen) atoms. The highest BCUT2D eigenvalue weighted by molar-refractivity contribution is 7.99. The van der Waals surface area contributed by atoms with Crippen molar-refractivity contribution in [2.45, 2.75) is 36.9 Å². The van der Waals surface area contributed by atoms with Crippen LogP contribution in [0.3, 0.4) is 0 Å². The van der Waals surface area contributed by atoms with Crippen LogP contribution in [0.5, 0.6) is 0 Å². The van der Waals surface area contributed by atoms with Gasteiger partial charge in [-0.15, -0.1) is 10.2 Å². The second kappa shape index (κ2) is 8.19. The first-order valence-corrected chi connectivity index (χ1v) is 10.6. The summed E-state index contributed by atoms with van der Waals surface area (Å²) in [5.74, 6) is 1.93. The molecule has 1 atom stereocenters. The van der Waals surface area contributed by atoms with E-state index in [0.717, 1.165) is 16.5 Å². The van der Waals surface area contributed by atoms with Gasteiger partial charge in [-0.05, 0) is 36.5 Å². The molecule has 1 unspecified atom stereocenters. The van der Waals surface area contributed by atoms with E-state index in [4.69, 9.17) is 0 Å². The summed E-state index contributed by atoms with van der Waals surface area (Å²) in [6.45, 7) is 2.01. The van der Waals surface area contributed by atoms with Crippen molar-refractivity contribution in [2.75, 3.05) is 5.75 Å². The Morgan fingerprint density at radius 2 is 1.79 bits per heavy atom. The number of rotatable bonds is 7. The number of aromatic nitrogens is 3. The molecule has 3 aromatic rings. The molecule has 1 heterocycles. The number of nitrogens with zero attached hydrogens (tertiary/aromatic N) is 3. The van der Waals surface area contributed by atoms with Crippen LogP contribution in [0.25, 0.3) is 11.1 Å². The van der Waals surface area contributed by atoms with Gasteiger partial charge in [-0.3, -0.25) is 4.79 Å². The van der Waals surface area contributed by atoms with Gasteiger partial charge >= 0.3 is 0 Å². The smallest absolute Gasteiger partial charge is 0.230 e. The van der Waals surface area contributed by atoms with Crippen molar-refractivity contribution < 1.29 is 4.79 Å². The first-order valence-electron chi connectivity index (χ1n) is 9.58. The largest absolute Gasteiger partial charge is 0.349 e. The summed E-state index contributed by atoms with van der Waals surface area (Å²) in [4.78, 5) is 12.4. The Labute approximate surface area is 169 Å². The van der Waals surface area contributed by atoms with E-state index in [1.54, 1.807) is 0 Å². The molecule has 6 heteroatoms. The SMILES string of the molecule is CC(NC(=O)CSc1nnc(C2CC2)n1C)c1ccc(-c2ccccc2)cc1. The number of carbonyl (C=O) groups is 1. The van der Waals surface area contributed by atoms with Crippen molar-refractivity contribution in [1.82, 2.24) is 20.1 Å². The maximum atomic E-state index is 12.4. The van der Waals surface area contributed by atoms with Crippen LogP contribution in [-0.2, 0) is 11.8 Å². The molecule has 0 bridgehead atoms. The van der Waals surface area contributed by atoms with E-state index in [1.165, 1.54) is 35.7 Å². The fourth-order valence-corrected chi connectivity index (χ4v) is 3.97. The summed E-state index contributed by atoms with van der Waals surface area (Å²) in [5, 5.41) is 12.4. The predicted octanol–water partition coefficient (Wildman–Crippen LogP) is 4.33. The summed E-state index contributed by atoms with van der Waals surface area (Å²) in [6.07, 6.45) is 2.38. The van der Waals surface area contributed by atoms with Gasteiger partial charge in [0.15, 0.2) is 5.16 Å². The molecule has 1 aromatic heterocycles. The molecule has 1 fully saturated rings. The van der Waals surface area contributed by atoms with Crippen molar-refractivity contribution in [3.8, 4) is 11.1 Å². The molecule has 1 aliphatic carbocycles. The molecule has 0 aliphatic heterocycles. The van der Waals surface area contributed by atoms with Gasteiger partial charge in [0.05, 0.1) is 11.8 Å². The van der Waals surface area contributed by atoms with Crippen LogP contribution in [0, 0.1) is 0 Å². The Balaban J connectivity index is 1.31. The number of amides is 1. The number of hydrogen-bond acceptors (Lipinski definition) is 4. The van der Waals surface area contributed by atoms with E-state index < -0.39 is 0 Å². The zero-order valence-corrected chi connectivity index (χ0v) is 16.9. The highest BCUT2D eigenvalue weighted by Gasteiger charge is 2.29. The van der Waals surface area contributed by atoms with Crippen molar-refractivity contribution in [1.29, 1.82) is 0 Å². The topological polar surface area (TPSA) is 59.8 Å².